The number of para-hydroxylation sites is 9. The average molecular weight is 1150 g/mol. The second kappa shape index (κ2) is 22.1. The lowest BCUT2D eigenvalue weighted by molar-refractivity contribution is 1.08. The molecule has 0 radical (unpaired) electrons. The number of aryl methyl sites for hydroxylation is 4. The number of rotatable bonds is 13. The van der Waals surface area contributed by atoms with Gasteiger partial charge in [-0.05, 0) is 178 Å². The third kappa shape index (κ3) is 8.55. The molecule has 422 valence electrons. The third-order valence-corrected chi connectivity index (χ3v) is 19.9. The highest BCUT2D eigenvalue weighted by molar-refractivity contribution is 8.00. The number of hydrogen-bond acceptors (Lipinski definition) is 6. The van der Waals surface area contributed by atoms with E-state index in [1.807, 2.05) is 11.8 Å². The highest BCUT2D eigenvalue weighted by atomic mass is 32.2. The third-order valence-electron chi connectivity index (χ3n) is 18.8. The van der Waals surface area contributed by atoms with Crippen molar-refractivity contribution in [3.8, 4) is 0 Å². The molecule has 16 rings (SSSR count). The minimum absolute atomic E-state index is 0.0602. The van der Waals surface area contributed by atoms with Crippen molar-refractivity contribution in [1.29, 1.82) is 0 Å². The molecule has 4 heterocycles. The second-order valence-corrected chi connectivity index (χ2v) is 24.5. The minimum atomic E-state index is -0.103. The van der Waals surface area contributed by atoms with E-state index in [4.69, 9.17) is 0 Å². The zero-order valence-electron chi connectivity index (χ0n) is 50.1. The minimum Gasteiger partial charge on any atom is -0.311 e. The molecule has 5 nitrogen and oxygen atoms in total. The summed E-state index contributed by atoms with van der Waals surface area (Å²) in [5.41, 5.74) is 30.7. The second-order valence-electron chi connectivity index (χ2n) is 23.4. The summed E-state index contributed by atoms with van der Waals surface area (Å²) in [4.78, 5) is 15.3. The number of anilines is 15. The Morgan fingerprint density at radius 3 is 1.05 bits per heavy atom. The fraction of sp³-hybridized carbons (Fsp3) is 0.100. The van der Waals surface area contributed by atoms with Gasteiger partial charge in [0, 0.05) is 89.4 Å². The molecular weight excluding hydrogens is 1080 g/mol. The number of nitrogens with zero attached hydrogens (tertiary/aromatic N) is 5. The van der Waals surface area contributed by atoms with E-state index >= 15 is 0 Å². The molecule has 12 aromatic rings. The van der Waals surface area contributed by atoms with Gasteiger partial charge < -0.3 is 24.5 Å². The molecule has 0 spiro atoms. The first kappa shape index (κ1) is 53.6. The van der Waals surface area contributed by atoms with Crippen molar-refractivity contribution in [2.45, 2.75) is 63.2 Å². The number of benzene rings is 12. The van der Waals surface area contributed by atoms with Crippen LogP contribution in [0, 0.1) is 0 Å². The van der Waals surface area contributed by atoms with Gasteiger partial charge in [-0.15, -0.1) is 0 Å². The molecule has 0 fully saturated rings. The van der Waals surface area contributed by atoms with E-state index in [2.05, 4.69) is 325 Å². The molecule has 0 saturated heterocycles. The summed E-state index contributed by atoms with van der Waals surface area (Å²) in [5, 5.41) is 0. The van der Waals surface area contributed by atoms with E-state index < -0.39 is 0 Å². The molecule has 88 heavy (non-hydrogen) atoms. The monoisotopic (exact) mass is 1150 g/mol. The van der Waals surface area contributed by atoms with Crippen LogP contribution in [0.3, 0.4) is 0 Å². The first-order chi connectivity index (χ1) is 43.5. The van der Waals surface area contributed by atoms with E-state index in [0.29, 0.717) is 0 Å². The molecule has 0 N–H and O–H groups in total. The number of fused-ring (bicyclic) bond motifs is 8. The van der Waals surface area contributed by atoms with Gasteiger partial charge in [-0.1, -0.05) is 215 Å². The van der Waals surface area contributed by atoms with Gasteiger partial charge in [-0.25, -0.2) is 0 Å². The van der Waals surface area contributed by atoms with Gasteiger partial charge in [0.2, 0.25) is 6.71 Å². The smallest absolute Gasteiger partial charge is 0.252 e. The maximum absolute atomic E-state index is 2.65. The zero-order valence-corrected chi connectivity index (χ0v) is 50.9. The van der Waals surface area contributed by atoms with Crippen LogP contribution in [0.2, 0.25) is 0 Å². The summed E-state index contributed by atoms with van der Waals surface area (Å²) in [5.74, 6) is 0. The summed E-state index contributed by atoms with van der Waals surface area (Å²) in [7, 11) is 0. The van der Waals surface area contributed by atoms with Crippen LogP contribution >= 0.6 is 11.8 Å². The molecule has 0 atom stereocenters. The van der Waals surface area contributed by atoms with Crippen molar-refractivity contribution < 1.29 is 0 Å². The van der Waals surface area contributed by atoms with Crippen LogP contribution in [0.4, 0.5) is 85.3 Å². The average Bonchev–Trinajstić information content (AvgIpc) is 0.723. The highest BCUT2D eigenvalue weighted by Crippen LogP contribution is 2.52. The Morgan fingerprint density at radius 2 is 0.625 bits per heavy atom. The maximum atomic E-state index is 2.65. The molecule has 0 aromatic heterocycles. The van der Waals surface area contributed by atoms with Crippen molar-refractivity contribution in [3.05, 3.63) is 295 Å². The summed E-state index contributed by atoms with van der Waals surface area (Å²) < 4.78 is 0. The summed E-state index contributed by atoms with van der Waals surface area (Å²) in [6.07, 6.45) is 3.62. The lowest BCUT2D eigenvalue weighted by atomic mass is 9.31. The van der Waals surface area contributed by atoms with Crippen molar-refractivity contribution in [1.82, 2.24) is 0 Å². The van der Waals surface area contributed by atoms with Crippen LogP contribution in [0.15, 0.2) is 283 Å². The molecule has 0 bridgehead atoms. The van der Waals surface area contributed by atoms with Crippen LogP contribution < -0.4 is 57.3 Å². The van der Waals surface area contributed by atoms with Gasteiger partial charge in [0.1, 0.15) is 0 Å². The van der Waals surface area contributed by atoms with Gasteiger partial charge >= 0.3 is 0 Å². The lowest BCUT2D eigenvalue weighted by Gasteiger charge is -2.46. The quantitative estimate of drug-likeness (QED) is 0.106. The molecule has 0 unspecified atom stereocenters. The molecule has 4 aliphatic heterocycles. The Balaban J connectivity index is 0.991. The summed E-state index contributed by atoms with van der Waals surface area (Å²) in [6.45, 7) is 8.96. The summed E-state index contributed by atoms with van der Waals surface area (Å²) >= 11 is 1.94. The molecule has 0 amide bonds. The van der Waals surface area contributed by atoms with Crippen LogP contribution in [-0.4, -0.2) is 13.4 Å². The first-order valence-electron chi connectivity index (χ1n) is 31.4. The topological polar surface area (TPSA) is 16.2 Å². The largest absolute Gasteiger partial charge is 0.311 e. The fourth-order valence-electron chi connectivity index (χ4n) is 14.9. The van der Waals surface area contributed by atoms with Gasteiger partial charge in [0.15, 0.2) is 0 Å². The van der Waals surface area contributed by atoms with E-state index in [1.165, 1.54) is 122 Å². The van der Waals surface area contributed by atoms with Crippen molar-refractivity contribution in [2.75, 3.05) is 24.5 Å². The Kier molecular flexibility index (Phi) is 13.5. The first-order valence-corrected chi connectivity index (χ1v) is 32.2. The zero-order chi connectivity index (χ0) is 59.0. The Hall–Kier alpha value is -9.88. The summed E-state index contributed by atoms with van der Waals surface area (Å²) in [6, 6.07) is 103. The molecule has 12 aromatic carbocycles. The number of hydrogen-bond donors (Lipinski definition) is 0. The van der Waals surface area contributed by atoms with Gasteiger partial charge in [-0.2, -0.15) is 0 Å². The normalized spacial score (nSPS) is 13.0. The van der Waals surface area contributed by atoms with E-state index in [1.54, 1.807) is 0 Å². The van der Waals surface area contributed by atoms with E-state index in [0.717, 1.165) is 54.1 Å². The SMILES string of the molecule is CCc1ccccc1N(c1cc2c3c(c1)N(c1ccccc1)c1ccccc1B3c1cc3c(cc1S2)N(c1ccccc1)c1cc(N(c2ccccc2CC)c2ccccc2CC)cc2c1B3c1ccccc1N2c1ccccc1)c1ccccc1CC. The standard InChI is InChI=1S/C80H65B2N5S/c1-5-54-30-18-24-42-67(54)86(68-43-25-19-31-55(68)6-2)61-48-74-79-75(49-61)85(60-38-16-11-17-39-60)73-53-77-66(52-65(73)81(79)63-40-22-28-46-71(63)83(74)58-34-12-9-13-35-58)82-64-41-23-29-47-72(64)84(59-36-14-10-15-37-59)76-50-62(51-78(88-77)80(76)82)87(69-44-26-20-32-56(69)7-3)70-45-27-21-33-57(70)8-4/h9-53H,5-8H2,1-4H3. The van der Waals surface area contributed by atoms with Crippen LogP contribution in [-0.2, 0) is 25.7 Å². The molecule has 4 aliphatic rings. The fourth-order valence-corrected chi connectivity index (χ4v) is 16.1. The van der Waals surface area contributed by atoms with Gasteiger partial charge in [0.25, 0.3) is 6.71 Å². The van der Waals surface area contributed by atoms with E-state index in [9.17, 15) is 0 Å². The van der Waals surface area contributed by atoms with Crippen LogP contribution in [0.5, 0.6) is 0 Å². The predicted molar refractivity (Wildman–Crippen MR) is 377 cm³/mol. The van der Waals surface area contributed by atoms with E-state index in [-0.39, 0.29) is 13.4 Å². The molecule has 8 heteroatoms. The molecule has 0 saturated carbocycles. The Morgan fingerprint density at radius 1 is 0.284 bits per heavy atom. The predicted octanol–water partition coefficient (Wildman–Crippen LogP) is 17.7. The Labute approximate surface area is 523 Å². The van der Waals surface area contributed by atoms with Crippen molar-refractivity contribution >= 4 is 143 Å². The van der Waals surface area contributed by atoms with Crippen molar-refractivity contribution in [3.63, 3.8) is 0 Å². The van der Waals surface area contributed by atoms with Gasteiger partial charge in [0.05, 0.1) is 5.69 Å². The van der Waals surface area contributed by atoms with Crippen LogP contribution in [0.25, 0.3) is 0 Å². The highest BCUT2D eigenvalue weighted by Gasteiger charge is 2.48. The van der Waals surface area contributed by atoms with Crippen LogP contribution in [0.1, 0.15) is 49.9 Å². The van der Waals surface area contributed by atoms with Gasteiger partial charge in [-0.3, -0.25) is 0 Å². The van der Waals surface area contributed by atoms with Crippen molar-refractivity contribution in [2.24, 2.45) is 0 Å². The Bertz CT molecular complexity index is 4570. The molecule has 0 aliphatic carbocycles. The molecular formula is C80H65B2N5S. The maximum Gasteiger partial charge on any atom is 0.252 e. The lowest BCUT2D eigenvalue weighted by Crippen LogP contribution is -2.64.